The molecule has 0 atom stereocenters. The monoisotopic (exact) mass is 282 g/mol. The summed E-state index contributed by atoms with van der Waals surface area (Å²) in [6.45, 7) is 0.498. The van der Waals surface area contributed by atoms with Gasteiger partial charge < -0.3 is 11.1 Å². The van der Waals surface area contributed by atoms with Crippen molar-refractivity contribution in [2.24, 2.45) is 0 Å². The molecule has 0 bridgehead atoms. The molecule has 0 radical (unpaired) electrons. The Bertz CT molecular complexity index is 759. The van der Waals surface area contributed by atoms with Crippen molar-refractivity contribution >= 4 is 33.7 Å². The van der Waals surface area contributed by atoms with Crippen LogP contribution >= 0.6 is 11.3 Å². The third-order valence-electron chi connectivity index (χ3n) is 3.22. The zero-order valence-electron chi connectivity index (χ0n) is 10.8. The quantitative estimate of drug-likeness (QED) is 0.773. The molecule has 0 aliphatic rings. The minimum absolute atomic E-state index is 0.120. The lowest BCUT2D eigenvalue weighted by Gasteiger charge is -2.08. The van der Waals surface area contributed by atoms with Crippen molar-refractivity contribution in [2.45, 2.75) is 6.54 Å². The molecule has 100 valence electrons. The Morgan fingerprint density at radius 3 is 2.70 bits per heavy atom. The SMILES string of the molecule is Nc1ccsc1C(=O)NCc1cccc2ccccc12. The lowest BCUT2D eigenvalue weighted by molar-refractivity contribution is 0.0956. The van der Waals surface area contributed by atoms with E-state index in [1.165, 1.54) is 16.7 Å². The van der Waals surface area contributed by atoms with Gasteiger partial charge in [-0.15, -0.1) is 11.3 Å². The van der Waals surface area contributed by atoms with Crippen LogP contribution in [0.1, 0.15) is 15.2 Å². The van der Waals surface area contributed by atoms with Crippen molar-refractivity contribution in [1.29, 1.82) is 0 Å². The van der Waals surface area contributed by atoms with Crippen molar-refractivity contribution < 1.29 is 4.79 Å². The molecule has 3 aromatic rings. The summed E-state index contributed by atoms with van der Waals surface area (Å²) in [7, 11) is 0. The number of nitrogens with one attached hydrogen (secondary N) is 1. The lowest BCUT2D eigenvalue weighted by atomic mass is 10.0. The minimum Gasteiger partial charge on any atom is -0.397 e. The van der Waals surface area contributed by atoms with E-state index >= 15 is 0 Å². The second-order valence-electron chi connectivity index (χ2n) is 4.53. The van der Waals surface area contributed by atoms with E-state index in [1.807, 2.05) is 29.6 Å². The van der Waals surface area contributed by atoms with E-state index in [4.69, 9.17) is 5.73 Å². The van der Waals surface area contributed by atoms with Gasteiger partial charge in [0.15, 0.2) is 0 Å². The van der Waals surface area contributed by atoms with Gasteiger partial charge >= 0.3 is 0 Å². The Morgan fingerprint density at radius 2 is 1.90 bits per heavy atom. The number of benzene rings is 2. The van der Waals surface area contributed by atoms with Gasteiger partial charge in [0.25, 0.3) is 5.91 Å². The summed E-state index contributed by atoms with van der Waals surface area (Å²) >= 11 is 1.36. The van der Waals surface area contributed by atoms with Crippen LogP contribution in [0, 0.1) is 0 Å². The van der Waals surface area contributed by atoms with Crippen molar-refractivity contribution in [3.63, 3.8) is 0 Å². The van der Waals surface area contributed by atoms with Crippen molar-refractivity contribution in [3.8, 4) is 0 Å². The topological polar surface area (TPSA) is 55.1 Å². The summed E-state index contributed by atoms with van der Waals surface area (Å²) in [5.41, 5.74) is 7.39. The van der Waals surface area contributed by atoms with Crippen LogP contribution in [0.2, 0.25) is 0 Å². The highest BCUT2D eigenvalue weighted by Gasteiger charge is 2.11. The molecule has 0 spiro atoms. The number of nitrogen functional groups attached to an aromatic ring is 1. The van der Waals surface area contributed by atoms with Crippen LogP contribution < -0.4 is 11.1 Å². The number of amides is 1. The first kappa shape index (κ1) is 12.7. The van der Waals surface area contributed by atoms with Crippen molar-refractivity contribution in [3.05, 3.63) is 64.4 Å². The number of fused-ring (bicyclic) bond motifs is 1. The highest BCUT2D eigenvalue weighted by atomic mass is 32.1. The molecule has 4 heteroatoms. The first-order valence-corrected chi connectivity index (χ1v) is 7.21. The van der Waals surface area contributed by atoms with E-state index in [0.717, 1.165) is 10.9 Å². The Balaban J connectivity index is 1.81. The second kappa shape index (κ2) is 5.35. The van der Waals surface area contributed by atoms with Crippen LogP contribution in [0.3, 0.4) is 0 Å². The van der Waals surface area contributed by atoms with Crippen LogP contribution in [0.15, 0.2) is 53.9 Å². The summed E-state index contributed by atoms with van der Waals surface area (Å²) in [6, 6.07) is 16.0. The molecule has 3 N–H and O–H groups in total. The van der Waals surface area contributed by atoms with E-state index in [0.29, 0.717) is 17.1 Å². The average Bonchev–Trinajstić information content (AvgIpc) is 2.91. The third kappa shape index (κ3) is 2.38. The molecule has 1 amide bonds. The second-order valence-corrected chi connectivity index (χ2v) is 5.44. The predicted octanol–water partition coefficient (Wildman–Crippen LogP) is 3.41. The van der Waals surface area contributed by atoms with E-state index in [1.54, 1.807) is 6.07 Å². The third-order valence-corrected chi connectivity index (χ3v) is 4.15. The highest BCUT2D eigenvalue weighted by Crippen LogP contribution is 2.20. The Hall–Kier alpha value is -2.33. The first-order chi connectivity index (χ1) is 9.75. The van der Waals surface area contributed by atoms with Crippen LogP contribution in [-0.2, 0) is 6.54 Å². The maximum atomic E-state index is 12.1. The largest absolute Gasteiger partial charge is 0.397 e. The van der Waals surface area contributed by atoms with Gasteiger partial charge in [-0.05, 0) is 27.8 Å². The molecule has 1 heterocycles. The number of rotatable bonds is 3. The van der Waals surface area contributed by atoms with Crippen LogP contribution in [0.25, 0.3) is 10.8 Å². The fraction of sp³-hybridized carbons (Fsp3) is 0.0625. The number of carbonyl (C=O) groups is 1. The van der Waals surface area contributed by atoms with Crippen LogP contribution in [0.5, 0.6) is 0 Å². The number of anilines is 1. The smallest absolute Gasteiger partial charge is 0.263 e. The van der Waals surface area contributed by atoms with Gasteiger partial charge in [0.1, 0.15) is 4.88 Å². The molecule has 0 aliphatic heterocycles. The number of carbonyl (C=O) groups excluding carboxylic acids is 1. The molecule has 0 saturated heterocycles. The number of hydrogen-bond acceptors (Lipinski definition) is 3. The van der Waals surface area contributed by atoms with Gasteiger partial charge in [-0.3, -0.25) is 4.79 Å². The van der Waals surface area contributed by atoms with Gasteiger partial charge in [-0.2, -0.15) is 0 Å². The highest BCUT2D eigenvalue weighted by molar-refractivity contribution is 7.12. The van der Waals surface area contributed by atoms with Gasteiger partial charge in [0, 0.05) is 6.54 Å². The van der Waals surface area contributed by atoms with Crippen molar-refractivity contribution in [2.75, 3.05) is 5.73 Å². The van der Waals surface area contributed by atoms with Gasteiger partial charge in [-0.1, -0.05) is 42.5 Å². The zero-order valence-corrected chi connectivity index (χ0v) is 11.6. The maximum absolute atomic E-state index is 12.1. The molecule has 2 aromatic carbocycles. The van der Waals surface area contributed by atoms with Crippen LogP contribution in [-0.4, -0.2) is 5.91 Å². The molecule has 3 nitrogen and oxygen atoms in total. The maximum Gasteiger partial charge on any atom is 0.263 e. The molecule has 0 saturated carbocycles. The standard InChI is InChI=1S/C16H14N2OS/c17-14-8-9-20-15(14)16(19)18-10-12-6-3-5-11-4-1-2-7-13(11)12/h1-9H,10,17H2,(H,18,19). The molecular weight excluding hydrogens is 268 g/mol. The molecule has 0 unspecified atom stereocenters. The zero-order chi connectivity index (χ0) is 13.9. The molecular formula is C16H14N2OS. The fourth-order valence-electron chi connectivity index (χ4n) is 2.21. The van der Waals surface area contributed by atoms with E-state index in [9.17, 15) is 4.79 Å². The Morgan fingerprint density at radius 1 is 1.10 bits per heavy atom. The Labute approximate surface area is 121 Å². The Kier molecular flexibility index (Phi) is 3.39. The first-order valence-electron chi connectivity index (χ1n) is 6.33. The van der Waals surface area contributed by atoms with Crippen molar-refractivity contribution in [1.82, 2.24) is 5.32 Å². The van der Waals surface area contributed by atoms with E-state index in [-0.39, 0.29) is 5.91 Å². The molecule has 20 heavy (non-hydrogen) atoms. The van der Waals surface area contributed by atoms with E-state index in [2.05, 4.69) is 23.5 Å². The number of thiophene rings is 1. The summed E-state index contributed by atoms with van der Waals surface area (Å²) in [5, 5.41) is 7.08. The lowest BCUT2D eigenvalue weighted by Crippen LogP contribution is -2.22. The minimum atomic E-state index is -0.120. The van der Waals surface area contributed by atoms with Crippen LogP contribution in [0.4, 0.5) is 5.69 Å². The summed E-state index contributed by atoms with van der Waals surface area (Å²) in [5.74, 6) is -0.120. The van der Waals surface area contributed by atoms with Gasteiger partial charge in [-0.25, -0.2) is 0 Å². The molecule has 0 aliphatic carbocycles. The average molecular weight is 282 g/mol. The molecule has 3 rings (SSSR count). The molecule has 0 fully saturated rings. The number of hydrogen-bond donors (Lipinski definition) is 2. The predicted molar refractivity (Wildman–Crippen MR) is 83.8 cm³/mol. The summed E-state index contributed by atoms with van der Waals surface area (Å²) in [6.07, 6.45) is 0. The fourth-order valence-corrected chi connectivity index (χ4v) is 2.94. The normalized spacial score (nSPS) is 10.6. The van der Waals surface area contributed by atoms with E-state index < -0.39 is 0 Å². The van der Waals surface area contributed by atoms with Gasteiger partial charge in [0.2, 0.25) is 0 Å². The summed E-state index contributed by atoms with van der Waals surface area (Å²) < 4.78 is 0. The molecule has 1 aromatic heterocycles. The van der Waals surface area contributed by atoms with Gasteiger partial charge in [0.05, 0.1) is 5.69 Å². The summed E-state index contributed by atoms with van der Waals surface area (Å²) in [4.78, 5) is 12.6. The number of nitrogens with two attached hydrogens (primary N) is 1.